The average Bonchev–Trinajstić information content (AvgIpc) is 2.78. The summed E-state index contributed by atoms with van der Waals surface area (Å²) in [7, 11) is -1.26. The Morgan fingerprint density at radius 2 is 1.88 bits per heavy atom. The first-order valence-corrected chi connectivity index (χ1v) is 12.1. The number of methoxy groups -OCH3 is 2. The van der Waals surface area contributed by atoms with E-state index in [1.54, 1.807) is 0 Å². The maximum absolute atomic E-state index is 13.6. The molecule has 0 spiro atoms. The summed E-state index contributed by atoms with van der Waals surface area (Å²) in [5, 5.41) is 6.27. The molecule has 2 aromatic carbocycles. The summed E-state index contributed by atoms with van der Waals surface area (Å²) < 4.78 is 62.7. The van der Waals surface area contributed by atoms with E-state index in [1.165, 1.54) is 32.4 Å². The lowest BCUT2D eigenvalue weighted by Crippen LogP contribution is -2.59. The van der Waals surface area contributed by atoms with Gasteiger partial charge in [0.15, 0.2) is 26.6 Å². The van der Waals surface area contributed by atoms with Crippen molar-refractivity contribution in [3.63, 3.8) is 0 Å². The Balaban J connectivity index is 1.59. The summed E-state index contributed by atoms with van der Waals surface area (Å²) in [6.45, 7) is -0.186. The molecule has 2 atom stereocenters. The number of thioether (sulfide) groups is 1. The molecule has 1 saturated heterocycles. The van der Waals surface area contributed by atoms with Crippen molar-refractivity contribution < 1.29 is 36.3 Å². The quantitative estimate of drug-likeness (QED) is 0.498. The van der Waals surface area contributed by atoms with Gasteiger partial charge in [0.25, 0.3) is 0 Å². The smallest absolute Gasteiger partial charge is 0.241 e. The predicted octanol–water partition coefficient (Wildman–Crippen LogP) is 1.50. The summed E-state index contributed by atoms with van der Waals surface area (Å²) in [5.41, 5.74) is -0.915. The number of halogens is 2. The number of hydrogen-bond acceptors (Lipinski definition) is 8. The lowest BCUT2D eigenvalue weighted by atomic mass is 10.3. The third-order valence-corrected chi connectivity index (χ3v) is 7.79. The van der Waals surface area contributed by atoms with Gasteiger partial charge in [-0.2, -0.15) is 0 Å². The summed E-state index contributed by atoms with van der Waals surface area (Å²) in [6.07, 6.45) is 0. The maximum atomic E-state index is 13.6. The van der Waals surface area contributed by atoms with E-state index >= 15 is 0 Å². The van der Waals surface area contributed by atoms with Crippen molar-refractivity contribution in [1.82, 2.24) is 10.6 Å². The van der Waals surface area contributed by atoms with E-state index in [2.05, 4.69) is 16.0 Å². The molecule has 178 valence electrons. The number of anilines is 1. The summed E-state index contributed by atoms with van der Waals surface area (Å²) in [6, 6.07) is 6.78. The van der Waals surface area contributed by atoms with Gasteiger partial charge in [0.1, 0.15) is 17.1 Å². The number of nitrogens with one attached hydrogen (secondary N) is 3. The molecule has 13 heteroatoms. The van der Waals surface area contributed by atoms with Gasteiger partial charge in [-0.1, -0.05) is 0 Å². The van der Waals surface area contributed by atoms with Crippen LogP contribution in [0.3, 0.4) is 0 Å². The highest BCUT2D eigenvalue weighted by Gasteiger charge is 2.39. The second kappa shape index (κ2) is 10.4. The molecule has 1 fully saturated rings. The topological polar surface area (TPSA) is 123 Å². The van der Waals surface area contributed by atoms with Crippen molar-refractivity contribution in [3.8, 4) is 11.5 Å². The van der Waals surface area contributed by atoms with Crippen molar-refractivity contribution in [2.75, 3.05) is 31.8 Å². The van der Waals surface area contributed by atoms with Crippen LogP contribution in [0.15, 0.2) is 41.3 Å². The molecule has 0 radical (unpaired) electrons. The lowest BCUT2D eigenvalue weighted by molar-refractivity contribution is -0.122. The van der Waals surface area contributed by atoms with E-state index in [-0.39, 0.29) is 28.6 Å². The van der Waals surface area contributed by atoms with Crippen LogP contribution in [0.25, 0.3) is 0 Å². The van der Waals surface area contributed by atoms with Crippen LogP contribution in [-0.2, 0) is 19.4 Å². The Morgan fingerprint density at radius 1 is 1.15 bits per heavy atom. The van der Waals surface area contributed by atoms with Gasteiger partial charge < -0.3 is 20.1 Å². The van der Waals surface area contributed by atoms with Crippen LogP contribution in [0, 0.1) is 11.6 Å². The van der Waals surface area contributed by atoms with E-state index in [0.717, 1.165) is 23.9 Å². The second-order valence-corrected chi connectivity index (χ2v) is 10.1. The van der Waals surface area contributed by atoms with Gasteiger partial charge in [0.2, 0.25) is 11.8 Å². The fraction of sp³-hybridized carbons (Fsp3) is 0.300. The number of hydrogen-bond donors (Lipinski definition) is 3. The zero-order valence-electron chi connectivity index (χ0n) is 17.6. The number of sulfone groups is 1. The predicted molar refractivity (Wildman–Crippen MR) is 118 cm³/mol. The van der Waals surface area contributed by atoms with Crippen molar-refractivity contribution in [2.45, 2.75) is 15.6 Å². The fourth-order valence-electron chi connectivity index (χ4n) is 3.03. The van der Waals surface area contributed by atoms with Crippen molar-refractivity contribution in [1.29, 1.82) is 0 Å². The van der Waals surface area contributed by atoms with Crippen LogP contribution in [0.5, 0.6) is 11.5 Å². The standard InChI is InChI=1S/C20H21F2N3O6S2/c1-30-15-6-4-12(8-16(15)31-2)33(28,29)17-9-23-20(25-19(17)27)32-10-18(26)24-14-5-3-11(21)7-13(14)22/h3-8,17,20,23H,9-10H2,1-2H3,(H,24,26)(H,25,27). The largest absolute Gasteiger partial charge is 0.493 e. The molecule has 1 aliphatic heterocycles. The number of amides is 2. The van der Waals surface area contributed by atoms with Gasteiger partial charge >= 0.3 is 0 Å². The van der Waals surface area contributed by atoms with Gasteiger partial charge in [-0.3, -0.25) is 14.9 Å². The minimum atomic E-state index is -4.04. The minimum absolute atomic E-state index is 0.103. The van der Waals surface area contributed by atoms with E-state index in [4.69, 9.17) is 9.47 Å². The molecule has 1 aliphatic rings. The van der Waals surface area contributed by atoms with E-state index < -0.39 is 44.0 Å². The summed E-state index contributed by atoms with van der Waals surface area (Å²) in [5.74, 6) is -2.63. The highest BCUT2D eigenvalue weighted by atomic mass is 32.2. The van der Waals surface area contributed by atoms with Crippen LogP contribution in [-0.4, -0.2) is 57.5 Å². The van der Waals surface area contributed by atoms with E-state index in [0.29, 0.717) is 11.8 Å². The first-order chi connectivity index (χ1) is 15.6. The van der Waals surface area contributed by atoms with Crippen LogP contribution >= 0.6 is 11.8 Å². The molecule has 2 aromatic rings. The summed E-state index contributed by atoms with van der Waals surface area (Å²) in [4.78, 5) is 24.5. The van der Waals surface area contributed by atoms with Crippen LogP contribution in [0.4, 0.5) is 14.5 Å². The molecule has 1 heterocycles. The molecule has 3 rings (SSSR count). The van der Waals surface area contributed by atoms with Gasteiger partial charge in [-0.15, -0.1) is 11.8 Å². The third kappa shape index (κ3) is 5.72. The molecule has 9 nitrogen and oxygen atoms in total. The maximum Gasteiger partial charge on any atom is 0.241 e. The number of ether oxygens (including phenoxy) is 2. The van der Waals surface area contributed by atoms with Gasteiger partial charge in [-0.05, 0) is 24.3 Å². The number of rotatable bonds is 8. The Morgan fingerprint density at radius 3 is 2.52 bits per heavy atom. The van der Waals surface area contributed by atoms with Crippen molar-refractivity contribution in [3.05, 3.63) is 48.0 Å². The molecular weight excluding hydrogens is 480 g/mol. The SMILES string of the molecule is COc1ccc(S(=O)(=O)C2CNC(SCC(=O)Nc3ccc(F)cc3F)NC2=O)cc1OC. The molecule has 0 saturated carbocycles. The highest BCUT2D eigenvalue weighted by molar-refractivity contribution is 8.00. The molecular formula is C20H21F2N3O6S2. The Hall–Kier alpha value is -2.90. The van der Waals surface area contributed by atoms with Gasteiger partial charge in [0, 0.05) is 18.7 Å². The van der Waals surface area contributed by atoms with E-state index in [9.17, 15) is 26.8 Å². The molecule has 2 amide bonds. The molecule has 33 heavy (non-hydrogen) atoms. The molecule has 0 bridgehead atoms. The average molecular weight is 502 g/mol. The van der Waals surface area contributed by atoms with Crippen LogP contribution in [0.1, 0.15) is 0 Å². The molecule has 0 aliphatic carbocycles. The first-order valence-electron chi connectivity index (χ1n) is 9.52. The number of carbonyl (C=O) groups is 2. The van der Waals surface area contributed by atoms with Gasteiger partial charge in [0.05, 0.1) is 30.6 Å². The third-order valence-electron chi connectivity index (χ3n) is 4.70. The summed E-state index contributed by atoms with van der Waals surface area (Å²) >= 11 is 0.974. The number of benzene rings is 2. The Labute approximate surface area is 193 Å². The minimum Gasteiger partial charge on any atom is -0.493 e. The highest BCUT2D eigenvalue weighted by Crippen LogP contribution is 2.31. The zero-order valence-corrected chi connectivity index (χ0v) is 19.2. The normalized spacial score (nSPS) is 18.4. The lowest BCUT2D eigenvalue weighted by Gasteiger charge is -2.29. The molecule has 0 aromatic heterocycles. The molecule has 2 unspecified atom stereocenters. The number of carbonyl (C=O) groups excluding carboxylic acids is 2. The van der Waals surface area contributed by atoms with Crippen molar-refractivity contribution in [2.24, 2.45) is 0 Å². The first kappa shape index (κ1) is 24.7. The Kier molecular flexibility index (Phi) is 7.76. The zero-order chi connectivity index (χ0) is 24.2. The Bertz CT molecular complexity index is 1160. The fourth-order valence-corrected chi connectivity index (χ4v) is 5.35. The second-order valence-electron chi connectivity index (χ2n) is 6.83. The molecule has 3 N–H and O–H groups in total. The van der Waals surface area contributed by atoms with Gasteiger partial charge in [-0.25, -0.2) is 17.2 Å². The van der Waals surface area contributed by atoms with Crippen molar-refractivity contribution >= 4 is 39.1 Å². The van der Waals surface area contributed by atoms with Crippen LogP contribution in [0.2, 0.25) is 0 Å². The van der Waals surface area contributed by atoms with E-state index in [1.807, 2.05) is 0 Å². The monoisotopic (exact) mass is 501 g/mol. The van der Waals surface area contributed by atoms with Crippen LogP contribution < -0.4 is 25.4 Å².